The van der Waals surface area contributed by atoms with E-state index in [1.165, 1.54) is 11.6 Å². The molecule has 1 aromatic carbocycles. The summed E-state index contributed by atoms with van der Waals surface area (Å²) in [5.74, 6) is -0.325. The number of benzene rings is 1. The molecule has 1 N–H and O–H groups in total. The van der Waals surface area contributed by atoms with Gasteiger partial charge in [0.2, 0.25) is 0 Å². The number of aryl methyl sites for hydroxylation is 1. The summed E-state index contributed by atoms with van der Waals surface area (Å²) in [5.41, 5.74) is 5.92. The highest BCUT2D eigenvalue weighted by atomic mass is 19.1. The number of carbonyl (C=O) groups is 1. The SMILES string of the molecule is Cc1cc(C(=O)N2CC=C(c3c[nH]c4ncccc34)CC2)c(C)n1-c1ccccc1F. The van der Waals surface area contributed by atoms with Gasteiger partial charge >= 0.3 is 0 Å². The van der Waals surface area contributed by atoms with Crippen LogP contribution in [0.5, 0.6) is 0 Å². The lowest BCUT2D eigenvalue weighted by Gasteiger charge is -2.26. The van der Waals surface area contributed by atoms with E-state index < -0.39 is 0 Å². The van der Waals surface area contributed by atoms with Crippen LogP contribution >= 0.6 is 0 Å². The van der Waals surface area contributed by atoms with Crippen LogP contribution < -0.4 is 0 Å². The zero-order valence-corrected chi connectivity index (χ0v) is 17.5. The first-order chi connectivity index (χ1) is 15.0. The molecule has 5 nitrogen and oxygen atoms in total. The van der Waals surface area contributed by atoms with Gasteiger partial charge in [0.1, 0.15) is 11.5 Å². The van der Waals surface area contributed by atoms with Gasteiger partial charge in [0.05, 0.1) is 11.3 Å². The highest BCUT2D eigenvalue weighted by Crippen LogP contribution is 2.30. The average Bonchev–Trinajstić information content (AvgIpc) is 3.35. The number of pyridine rings is 1. The summed E-state index contributed by atoms with van der Waals surface area (Å²) >= 11 is 0. The quantitative estimate of drug-likeness (QED) is 0.511. The number of fused-ring (bicyclic) bond motifs is 1. The van der Waals surface area contributed by atoms with E-state index in [0.717, 1.165) is 34.4 Å². The number of nitrogens with one attached hydrogen (secondary N) is 1. The topological polar surface area (TPSA) is 53.9 Å². The zero-order valence-electron chi connectivity index (χ0n) is 17.5. The third kappa shape index (κ3) is 3.24. The van der Waals surface area contributed by atoms with Crippen LogP contribution in [0.2, 0.25) is 0 Å². The van der Waals surface area contributed by atoms with Crippen LogP contribution in [-0.4, -0.2) is 38.4 Å². The largest absolute Gasteiger partial charge is 0.346 e. The van der Waals surface area contributed by atoms with Crippen LogP contribution in [0.1, 0.15) is 33.7 Å². The predicted molar refractivity (Wildman–Crippen MR) is 120 cm³/mol. The minimum Gasteiger partial charge on any atom is -0.346 e. The summed E-state index contributed by atoms with van der Waals surface area (Å²) in [7, 11) is 0. The Labute approximate surface area is 179 Å². The van der Waals surface area contributed by atoms with Crippen LogP contribution in [0.4, 0.5) is 4.39 Å². The van der Waals surface area contributed by atoms with E-state index in [1.54, 1.807) is 24.4 Å². The molecule has 0 unspecified atom stereocenters. The first-order valence-electron chi connectivity index (χ1n) is 10.4. The monoisotopic (exact) mass is 414 g/mol. The number of aromatic nitrogens is 3. The van der Waals surface area contributed by atoms with Crippen molar-refractivity contribution in [1.82, 2.24) is 19.4 Å². The molecule has 0 aliphatic carbocycles. The standard InChI is InChI=1S/C25H23FN4O/c1-16-14-20(17(2)30(16)23-8-4-3-7-22(23)26)25(31)29-12-9-18(10-13-29)21-15-28-24-19(21)6-5-11-27-24/h3-9,11,14-15H,10,12-13H2,1-2H3,(H,27,28). The van der Waals surface area contributed by atoms with Gasteiger partial charge < -0.3 is 14.5 Å². The van der Waals surface area contributed by atoms with Crippen molar-refractivity contribution in [1.29, 1.82) is 0 Å². The van der Waals surface area contributed by atoms with E-state index in [9.17, 15) is 9.18 Å². The fourth-order valence-electron chi connectivity index (χ4n) is 4.47. The molecular weight excluding hydrogens is 391 g/mol. The van der Waals surface area contributed by atoms with Crippen molar-refractivity contribution in [3.8, 4) is 5.69 Å². The number of hydrogen-bond acceptors (Lipinski definition) is 2. The molecule has 3 aromatic heterocycles. The van der Waals surface area contributed by atoms with Gasteiger partial charge in [-0.3, -0.25) is 4.79 Å². The second-order valence-corrected chi connectivity index (χ2v) is 7.90. The molecule has 4 heterocycles. The zero-order chi connectivity index (χ0) is 21.5. The Balaban J connectivity index is 1.41. The van der Waals surface area contributed by atoms with Crippen molar-refractivity contribution in [2.75, 3.05) is 13.1 Å². The summed E-state index contributed by atoms with van der Waals surface area (Å²) in [6.45, 7) is 4.96. The van der Waals surface area contributed by atoms with Gasteiger partial charge in [-0.25, -0.2) is 9.37 Å². The van der Waals surface area contributed by atoms with Gasteiger partial charge in [0.25, 0.3) is 5.91 Å². The molecule has 6 heteroatoms. The van der Waals surface area contributed by atoms with E-state index in [0.29, 0.717) is 24.3 Å². The van der Waals surface area contributed by atoms with Gasteiger partial charge in [0.15, 0.2) is 0 Å². The lowest BCUT2D eigenvalue weighted by Crippen LogP contribution is -2.34. The van der Waals surface area contributed by atoms with Crippen LogP contribution in [0, 0.1) is 19.7 Å². The third-order valence-corrected chi connectivity index (χ3v) is 6.05. The number of rotatable bonds is 3. The first-order valence-corrected chi connectivity index (χ1v) is 10.4. The molecule has 1 amide bonds. The minimum absolute atomic E-state index is 0.0217. The van der Waals surface area contributed by atoms with Crippen LogP contribution in [0.25, 0.3) is 22.3 Å². The molecule has 0 radical (unpaired) electrons. The average molecular weight is 414 g/mol. The van der Waals surface area contributed by atoms with E-state index in [1.807, 2.05) is 41.6 Å². The van der Waals surface area contributed by atoms with Crippen LogP contribution in [0.15, 0.2) is 60.9 Å². The second kappa shape index (κ2) is 7.54. The maximum absolute atomic E-state index is 14.4. The molecule has 4 aromatic rings. The maximum Gasteiger partial charge on any atom is 0.255 e. The Kier molecular flexibility index (Phi) is 4.70. The smallest absolute Gasteiger partial charge is 0.255 e. The molecule has 0 saturated carbocycles. The molecule has 5 rings (SSSR count). The third-order valence-electron chi connectivity index (χ3n) is 6.05. The van der Waals surface area contributed by atoms with Gasteiger partial charge in [0, 0.05) is 47.8 Å². The molecule has 31 heavy (non-hydrogen) atoms. The number of nitrogens with zero attached hydrogens (tertiary/aromatic N) is 3. The van der Waals surface area contributed by atoms with Crippen LogP contribution in [0.3, 0.4) is 0 Å². The van der Waals surface area contributed by atoms with Gasteiger partial charge in [-0.2, -0.15) is 0 Å². The molecule has 1 aliphatic rings. The Morgan fingerprint density at radius 1 is 1.16 bits per heavy atom. The van der Waals surface area contributed by atoms with Crippen LogP contribution in [-0.2, 0) is 0 Å². The van der Waals surface area contributed by atoms with Crippen molar-refractivity contribution in [3.63, 3.8) is 0 Å². The summed E-state index contributed by atoms with van der Waals surface area (Å²) in [6.07, 6.45) is 6.66. The number of hydrogen-bond donors (Lipinski definition) is 1. The molecule has 0 spiro atoms. The summed E-state index contributed by atoms with van der Waals surface area (Å²) in [4.78, 5) is 22.7. The lowest BCUT2D eigenvalue weighted by molar-refractivity contribution is 0.0772. The number of amides is 1. The first kappa shape index (κ1) is 19.3. The van der Waals surface area contributed by atoms with Crippen molar-refractivity contribution >= 4 is 22.5 Å². The molecule has 1 aliphatic heterocycles. The van der Waals surface area contributed by atoms with E-state index in [4.69, 9.17) is 0 Å². The van der Waals surface area contributed by atoms with Gasteiger partial charge in [-0.15, -0.1) is 0 Å². The number of para-hydroxylation sites is 1. The van der Waals surface area contributed by atoms with Crippen molar-refractivity contribution < 1.29 is 9.18 Å². The molecule has 0 bridgehead atoms. The second-order valence-electron chi connectivity index (χ2n) is 7.90. The normalized spacial score (nSPS) is 14.2. The number of H-pyrrole nitrogens is 1. The number of halogens is 1. The number of carbonyl (C=O) groups excluding carboxylic acids is 1. The summed E-state index contributed by atoms with van der Waals surface area (Å²) < 4.78 is 16.2. The van der Waals surface area contributed by atoms with Gasteiger partial charge in [-0.1, -0.05) is 18.2 Å². The Morgan fingerprint density at radius 2 is 2.00 bits per heavy atom. The molecule has 0 atom stereocenters. The number of aromatic amines is 1. The fraction of sp³-hybridized carbons (Fsp3) is 0.200. The molecule has 156 valence electrons. The molecule has 0 saturated heterocycles. The summed E-state index contributed by atoms with van der Waals surface area (Å²) in [6, 6.07) is 12.5. The highest BCUT2D eigenvalue weighted by Gasteiger charge is 2.25. The Hall–Kier alpha value is -3.67. The Morgan fingerprint density at radius 3 is 2.77 bits per heavy atom. The minimum atomic E-state index is -0.304. The predicted octanol–water partition coefficient (Wildman–Crippen LogP) is 5.04. The van der Waals surface area contributed by atoms with Gasteiger partial charge in [-0.05, 0) is 56.2 Å². The maximum atomic E-state index is 14.4. The van der Waals surface area contributed by atoms with Crippen molar-refractivity contribution in [2.45, 2.75) is 20.3 Å². The lowest BCUT2D eigenvalue weighted by atomic mass is 9.99. The van der Waals surface area contributed by atoms with E-state index in [2.05, 4.69) is 22.1 Å². The Bertz CT molecular complexity index is 1330. The highest BCUT2D eigenvalue weighted by molar-refractivity contribution is 5.97. The van der Waals surface area contributed by atoms with E-state index >= 15 is 0 Å². The molecule has 0 fully saturated rings. The fourth-order valence-corrected chi connectivity index (χ4v) is 4.47. The van der Waals surface area contributed by atoms with Crippen molar-refractivity contribution in [2.24, 2.45) is 0 Å². The summed E-state index contributed by atoms with van der Waals surface area (Å²) in [5, 5.41) is 1.10. The van der Waals surface area contributed by atoms with Crippen molar-refractivity contribution in [3.05, 3.63) is 89.3 Å². The molecular formula is C25H23FN4O. The van der Waals surface area contributed by atoms with E-state index in [-0.39, 0.29) is 11.7 Å².